The summed E-state index contributed by atoms with van der Waals surface area (Å²) in [6, 6.07) is 1.50. The molecule has 0 atom stereocenters. The highest BCUT2D eigenvalue weighted by Gasteiger charge is 2.48. The van der Waals surface area contributed by atoms with Crippen LogP contribution in [0.1, 0.15) is 47.1 Å². The lowest BCUT2D eigenvalue weighted by Crippen LogP contribution is -2.53. The van der Waals surface area contributed by atoms with Gasteiger partial charge in [0.1, 0.15) is 5.41 Å². The van der Waals surface area contributed by atoms with Gasteiger partial charge in [0.25, 0.3) is 0 Å². The largest absolute Gasteiger partial charge is 0.298 e. The van der Waals surface area contributed by atoms with E-state index >= 15 is 0 Å². The standard InChI is InChI=1S/C18H25N5O2/c1-12(2)23(16-19-8-7-9-20-16)15(25)18(5,6)14(24)17(3,4)13-10-21-22-11-13/h7-12H,1-6H3,(H,21,22). The maximum Gasteiger partial charge on any atom is 0.242 e. The number of anilines is 1. The van der Waals surface area contributed by atoms with E-state index in [-0.39, 0.29) is 17.7 Å². The molecule has 2 heterocycles. The zero-order valence-electron chi connectivity index (χ0n) is 15.6. The molecule has 7 nitrogen and oxygen atoms in total. The van der Waals surface area contributed by atoms with Crippen molar-refractivity contribution in [2.75, 3.05) is 4.90 Å². The summed E-state index contributed by atoms with van der Waals surface area (Å²) in [4.78, 5) is 36.3. The van der Waals surface area contributed by atoms with Crippen molar-refractivity contribution in [3.8, 4) is 0 Å². The first kappa shape index (κ1) is 18.8. The van der Waals surface area contributed by atoms with Crippen LogP contribution in [0.5, 0.6) is 0 Å². The van der Waals surface area contributed by atoms with Crippen molar-refractivity contribution in [1.82, 2.24) is 20.2 Å². The minimum atomic E-state index is -1.25. The SMILES string of the molecule is CC(C)N(C(=O)C(C)(C)C(=O)C(C)(C)c1cn[nH]c1)c1ncccn1. The number of Topliss-reactive ketones (excluding diaryl/α,β-unsaturated/α-hetero) is 1. The van der Waals surface area contributed by atoms with Crippen LogP contribution in [0, 0.1) is 5.41 Å². The first-order valence-corrected chi connectivity index (χ1v) is 8.25. The number of amides is 1. The highest BCUT2D eigenvalue weighted by atomic mass is 16.2. The average molecular weight is 343 g/mol. The molecule has 0 saturated carbocycles. The Kier molecular flexibility index (Phi) is 5.06. The number of carbonyl (C=O) groups excluding carboxylic acids is 2. The summed E-state index contributed by atoms with van der Waals surface area (Å²) in [6.07, 6.45) is 6.45. The van der Waals surface area contributed by atoms with Crippen molar-refractivity contribution in [3.05, 3.63) is 36.4 Å². The fourth-order valence-corrected chi connectivity index (χ4v) is 2.88. The molecule has 0 aromatic carbocycles. The number of carbonyl (C=O) groups is 2. The van der Waals surface area contributed by atoms with Crippen LogP contribution in [0.4, 0.5) is 5.95 Å². The Bertz CT molecular complexity index is 736. The fourth-order valence-electron chi connectivity index (χ4n) is 2.88. The third-order valence-corrected chi connectivity index (χ3v) is 4.39. The Morgan fingerprint density at radius 1 is 1.12 bits per heavy atom. The number of nitrogens with zero attached hydrogens (tertiary/aromatic N) is 4. The molecule has 1 amide bonds. The van der Waals surface area contributed by atoms with Crippen molar-refractivity contribution in [3.63, 3.8) is 0 Å². The Morgan fingerprint density at radius 2 is 1.72 bits per heavy atom. The van der Waals surface area contributed by atoms with E-state index in [9.17, 15) is 9.59 Å². The Balaban J connectivity index is 2.39. The summed E-state index contributed by atoms with van der Waals surface area (Å²) in [5, 5.41) is 6.64. The zero-order chi connectivity index (χ0) is 18.8. The Hall–Kier alpha value is -2.57. The van der Waals surface area contributed by atoms with Crippen LogP contribution < -0.4 is 4.90 Å². The lowest BCUT2D eigenvalue weighted by atomic mass is 9.70. The van der Waals surface area contributed by atoms with Gasteiger partial charge in [0.15, 0.2) is 5.78 Å². The predicted octanol–water partition coefficient (Wildman–Crippen LogP) is 2.51. The van der Waals surface area contributed by atoms with Gasteiger partial charge in [0.2, 0.25) is 11.9 Å². The second-order valence-corrected chi connectivity index (χ2v) is 7.38. The van der Waals surface area contributed by atoms with Crippen molar-refractivity contribution in [1.29, 1.82) is 0 Å². The molecule has 0 aliphatic carbocycles. The topological polar surface area (TPSA) is 91.8 Å². The van der Waals surface area contributed by atoms with E-state index < -0.39 is 10.8 Å². The van der Waals surface area contributed by atoms with Gasteiger partial charge in [-0.3, -0.25) is 19.6 Å². The normalized spacial score (nSPS) is 12.3. The molecule has 1 N–H and O–H groups in total. The summed E-state index contributed by atoms with van der Waals surface area (Å²) >= 11 is 0. The summed E-state index contributed by atoms with van der Waals surface area (Å²) < 4.78 is 0. The molecule has 0 spiro atoms. The summed E-state index contributed by atoms with van der Waals surface area (Å²) in [5.41, 5.74) is -1.36. The van der Waals surface area contributed by atoms with E-state index in [4.69, 9.17) is 0 Å². The molecule has 25 heavy (non-hydrogen) atoms. The Morgan fingerprint density at radius 3 is 2.20 bits per heavy atom. The molecule has 0 aliphatic rings. The highest BCUT2D eigenvalue weighted by molar-refractivity contribution is 6.14. The lowest BCUT2D eigenvalue weighted by molar-refractivity contribution is -0.141. The maximum absolute atomic E-state index is 13.3. The second-order valence-electron chi connectivity index (χ2n) is 7.38. The number of aromatic amines is 1. The van der Waals surface area contributed by atoms with Crippen LogP contribution in [0.25, 0.3) is 0 Å². The molecule has 0 unspecified atom stereocenters. The van der Waals surface area contributed by atoms with Crippen LogP contribution in [0.3, 0.4) is 0 Å². The molecule has 2 aromatic rings. The smallest absolute Gasteiger partial charge is 0.242 e. The van der Waals surface area contributed by atoms with Crippen molar-refractivity contribution in [2.24, 2.45) is 5.41 Å². The van der Waals surface area contributed by atoms with Gasteiger partial charge in [0.05, 0.1) is 11.6 Å². The molecular formula is C18H25N5O2. The van der Waals surface area contributed by atoms with Gasteiger partial charge in [-0.25, -0.2) is 9.97 Å². The molecule has 0 aliphatic heterocycles. The van der Waals surface area contributed by atoms with Crippen LogP contribution in [0.15, 0.2) is 30.9 Å². The first-order chi connectivity index (χ1) is 11.6. The minimum Gasteiger partial charge on any atom is -0.298 e. The number of nitrogens with one attached hydrogen (secondary N) is 1. The highest BCUT2D eigenvalue weighted by Crippen LogP contribution is 2.35. The van der Waals surface area contributed by atoms with Gasteiger partial charge < -0.3 is 0 Å². The molecule has 2 rings (SSSR count). The number of rotatable bonds is 6. The van der Waals surface area contributed by atoms with Crippen LogP contribution >= 0.6 is 0 Å². The van der Waals surface area contributed by atoms with Crippen LogP contribution in [0.2, 0.25) is 0 Å². The number of aromatic nitrogens is 4. The van der Waals surface area contributed by atoms with Crippen molar-refractivity contribution < 1.29 is 9.59 Å². The van der Waals surface area contributed by atoms with Crippen molar-refractivity contribution >= 4 is 17.6 Å². The molecule has 0 radical (unpaired) electrons. The van der Waals surface area contributed by atoms with Gasteiger partial charge in [-0.2, -0.15) is 5.10 Å². The van der Waals surface area contributed by atoms with E-state index in [1.54, 1.807) is 58.5 Å². The van der Waals surface area contributed by atoms with Gasteiger partial charge in [-0.15, -0.1) is 0 Å². The molecule has 0 saturated heterocycles. The van der Waals surface area contributed by atoms with Gasteiger partial charge in [0, 0.05) is 30.2 Å². The van der Waals surface area contributed by atoms with E-state index in [0.29, 0.717) is 5.95 Å². The number of ketones is 1. The lowest BCUT2D eigenvalue weighted by Gasteiger charge is -2.36. The Labute approximate surface area is 147 Å². The van der Waals surface area contributed by atoms with E-state index in [2.05, 4.69) is 20.2 Å². The average Bonchev–Trinajstić information content (AvgIpc) is 3.10. The van der Waals surface area contributed by atoms with Gasteiger partial charge >= 0.3 is 0 Å². The predicted molar refractivity (Wildman–Crippen MR) is 95.1 cm³/mol. The van der Waals surface area contributed by atoms with E-state index in [1.165, 1.54) is 4.90 Å². The summed E-state index contributed by atoms with van der Waals surface area (Å²) in [7, 11) is 0. The van der Waals surface area contributed by atoms with E-state index in [0.717, 1.165) is 5.56 Å². The molecule has 0 fully saturated rings. The van der Waals surface area contributed by atoms with Crippen molar-refractivity contribution in [2.45, 2.75) is 53.0 Å². The molecule has 2 aromatic heterocycles. The van der Waals surface area contributed by atoms with Crippen LogP contribution in [-0.2, 0) is 15.0 Å². The monoisotopic (exact) mass is 343 g/mol. The molecular weight excluding hydrogens is 318 g/mol. The molecule has 7 heteroatoms. The fraction of sp³-hybridized carbons (Fsp3) is 0.500. The molecule has 134 valence electrons. The van der Waals surface area contributed by atoms with Gasteiger partial charge in [-0.1, -0.05) is 0 Å². The third kappa shape index (κ3) is 3.45. The van der Waals surface area contributed by atoms with Crippen LogP contribution in [-0.4, -0.2) is 37.9 Å². The zero-order valence-corrected chi connectivity index (χ0v) is 15.6. The van der Waals surface area contributed by atoms with E-state index in [1.807, 2.05) is 13.8 Å². The summed E-state index contributed by atoms with van der Waals surface area (Å²) in [6.45, 7) is 10.6. The summed E-state index contributed by atoms with van der Waals surface area (Å²) in [5.74, 6) is -0.215. The van der Waals surface area contributed by atoms with Gasteiger partial charge in [-0.05, 0) is 47.6 Å². The minimum absolute atomic E-state index is 0.181. The number of hydrogen-bond donors (Lipinski definition) is 1. The first-order valence-electron chi connectivity index (χ1n) is 8.25. The molecule has 0 bridgehead atoms. The number of hydrogen-bond acceptors (Lipinski definition) is 5. The second kappa shape index (κ2) is 6.74. The quantitative estimate of drug-likeness (QED) is 0.814. The third-order valence-electron chi connectivity index (χ3n) is 4.39. The maximum atomic E-state index is 13.3. The number of H-pyrrole nitrogens is 1.